The Hall–Kier alpha value is -0.0800. The molecular weight excluding hydrogens is 198 g/mol. The number of hydrogen-bond acceptors (Lipinski definition) is 2. The van der Waals surface area contributed by atoms with Gasteiger partial charge in [-0.1, -0.05) is 40.5 Å². The summed E-state index contributed by atoms with van der Waals surface area (Å²) in [6.45, 7) is 10.5. The van der Waals surface area contributed by atoms with Gasteiger partial charge in [0, 0.05) is 6.04 Å². The van der Waals surface area contributed by atoms with Crippen LogP contribution in [-0.4, -0.2) is 23.8 Å². The van der Waals surface area contributed by atoms with E-state index in [1.165, 1.54) is 12.8 Å². The maximum absolute atomic E-state index is 9.90. The Labute approximate surface area is 99.8 Å². The number of aliphatic hydroxyl groups excluding tert-OH is 1. The van der Waals surface area contributed by atoms with E-state index in [4.69, 9.17) is 0 Å². The smallest absolute Gasteiger partial charge is 0.0693 e. The lowest BCUT2D eigenvalue weighted by atomic mass is 9.92. The Morgan fingerprint density at radius 3 is 2.12 bits per heavy atom. The van der Waals surface area contributed by atoms with Crippen molar-refractivity contribution in [3.8, 4) is 0 Å². The molecule has 0 aromatic rings. The van der Waals surface area contributed by atoms with Crippen LogP contribution in [0.5, 0.6) is 0 Å². The predicted molar refractivity (Wildman–Crippen MR) is 67.3 cm³/mol. The highest BCUT2D eigenvalue weighted by molar-refractivity contribution is 5.13. The van der Waals surface area contributed by atoms with Gasteiger partial charge >= 0.3 is 0 Å². The minimum absolute atomic E-state index is 0.112. The summed E-state index contributed by atoms with van der Waals surface area (Å²) in [6.07, 6.45) is 4.48. The van der Waals surface area contributed by atoms with Crippen molar-refractivity contribution in [2.75, 3.05) is 6.54 Å². The van der Waals surface area contributed by atoms with Crippen LogP contribution >= 0.6 is 0 Å². The van der Waals surface area contributed by atoms with Crippen LogP contribution in [0.3, 0.4) is 0 Å². The molecule has 2 fully saturated rings. The second-order valence-corrected chi connectivity index (χ2v) is 6.86. The van der Waals surface area contributed by atoms with Crippen LogP contribution in [0, 0.1) is 16.7 Å². The van der Waals surface area contributed by atoms with Crippen molar-refractivity contribution in [2.24, 2.45) is 16.7 Å². The van der Waals surface area contributed by atoms with Gasteiger partial charge in [-0.2, -0.15) is 0 Å². The number of aliphatic hydroxyl groups is 1. The van der Waals surface area contributed by atoms with Crippen molar-refractivity contribution in [1.82, 2.24) is 5.32 Å². The van der Waals surface area contributed by atoms with Gasteiger partial charge in [0.15, 0.2) is 0 Å². The summed E-state index contributed by atoms with van der Waals surface area (Å²) < 4.78 is 0. The molecule has 0 aromatic heterocycles. The van der Waals surface area contributed by atoms with Crippen molar-refractivity contribution >= 4 is 0 Å². The Balaban J connectivity index is 1.80. The van der Waals surface area contributed by atoms with E-state index in [0.717, 1.165) is 25.3 Å². The maximum Gasteiger partial charge on any atom is 0.0693 e. The lowest BCUT2D eigenvalue weighted by molar-refractivity contribution is 0.0897. The zero-order chi connectivity index (χ0) is 12.0. The predicted octanol–water partition coefficient (Wildman–Crippen LogP) is 2.56. The summed E-state index contributed by atoms with van der Waals surface area (Å²) in [5, 5.41) is 13.5. The maximum atomic E-state index is 9.90. The van der Waals surface area contributed by atoms with Crippen LogP contribution in [0.2, 0.25) is 0 Å². The molecule has 0 aliphatic heterocycles. The zero-order valence-corrected chi connectivity index (χ0v) is 11.2. The lowest BCUT2D eigenvalue weighted by Gasteiger charge is -2.28. The monoisotopic (exact) mass is 225 g/mol. The minimum Gasteiger partial charge on any atom is -0.392 e. The van der Waals surface area contributed by atoms with Gasteiger partial charge in [-0.25, -0.2) is 0 Å². The fraction of sp³-hybridized carbons (Fsp3) is 1.00. The molecule has 2 saturated carbocycles. The van der Waals surface area contributed by atoms with E-state index in [9.17, 15) is 5.11 Å². The van der Waals surface area contributed by atoms with Crippen molar-refractivity contribution in [3.63, 3.8) is 0 Å². The first-order valence-corrected chi connectivity index (χ1v) is 6.79. The van der Waals surface area contributed by atoms with E-state index in [1.54, 1.807) is 0 Å². The normalized spacial score (nSPS) is 37.3. The van der Waals surface area contributed by atoms with Gasteiger partial charge in [0.05, 0.1) is 6.10 Å². The van der Waals surface area contributed by atoms with Gasteiger partial charge in [-0.05, 0) is 36.1 Å². The minimum atomic E-state index is -0.112. The highest BCUT2D eigenvalue weighted by Crippen LogP contribution is 2.67. The second kappa shape index (κ2) is 3.99. The number of rotatable bonds is 3. The van der Waals surface area contributed by atoms with Gasteiger partial charge in [-0.15, -0.1) is 0 Å². The molecule has 0 heterocycles. The van der Waals surface area contributed by atoms with Crippen LogP contribution in [-0.2, 0) is 0 Å². The number of nitrogens with one attached hydrogen (secondary N) is 1. The molecule has 0 aromatic carbocycles. The standard InChI is InChI=1S/C14H27NO/c1-13(2)12(14(13,3)4)9-15-10-7-5-6-8-11(10)16/h10-12,15-16H,5-9H2,1-4H3/t10-,11-/m1/s1. The number of hydrogen-bond donors (Lipinski definition) is 2. The Kier molecular flexibility index (Phi) is 3.09. The molecule has 2 atom stereocenters. The molecule has 2 heteroatoms. The zero-order valence-electron chi connectivity index (χ0n) is 11.2. The van der Waals surface area contributed by atoms with E-state index in [-0.39, 0.29) is 6.10 Å². The first kappa shape index (κ1) is 12.4. The molecule has 2 nitrogen and oxygen atoms in total. The average molecular weight is 225 g/mol. The summed E-state index contributed by atoms with van der Waals surface area (Å²) in [7, 11) is 0. The second-order valence-electron chi connectivity index (χ2n) is 6.86. The molecule has 2 aliphatic carbocycles. The molecule has 94 valence electrons. The van der Waals surface area contributed by atoms with Crippen molar-refractivity contribution in [3.05, 3.63) is 0 Å². The van der Waals surface area contributed by atoms with Gasteiger partial charge in [0.25, 0.3) is 0 Å². The third-order valence-electron chi connectivity index (χ3n) is 5.63. The van der Waals surface area contributed by atoms with Gasteiger partial charge < -0.3 is 10.4 Å². The highest BCUT2D eigenvalue weighted by atomic mass is 16.3. The van der Waals surface area contributed by atoms with E-state index in [2.05, 4.69) is 33.0 Å². The molecule has 16 heavy (non-hydrogen) atoms. The van der Waals surface area contributed by atoms with Crippen LogP contribution in [0.25, 0.3) is 0 Å². The molecule has 0 amide bonds. The highest BCUT2D eigenvalue weighted by Gasteiger charge is 2.63. The molecule has 0 radical (unpaired) electrons. The van der Waals surface area contributed by atoms with Gasteiger partial charge in [0.1, 0.15) is 0 Å². The average Bonchev–Trinajstić information content (AvgIpc) is 2.58. The first-order valence-electron chi connectivity index (χ1n) is 6.79. The Morgan fingerprint density at radius 2 is 1.62 bits per heavy atom. The Bertz CT molecular complexity index is 245. The third-order valence-corrected chi connectivity index (χ3v) is 5.63. The van der Waals surface area contributed by atoms with Crippen LogP contribution in [0.15, 0.2) is 0 Å². The molecule has 0 saturated heterocycles. The molecular formula is C14H27NO. The third kappa shape index (κ3) is 1.91. The summed E-state index contributed by atoms with van der Waals surface area (Å²) in [4.78, 5) is 0. The molecule has 0 spiro atoms. The fourth-order valence-corrected chi connectivity index (χ4v) is 3.46. The molecule has 2 N–H and O–H groups in total. The van der Waals surface area contributed by atoms with Crippen molar-refractivity contribution < 1.29 is 5.11 Å². The summed E-state index contributed by atoms with van der Waals surface area (Å²) in [5.74, 6) is 0.758. The molecule has 2 aliphatic rings. The summed E-state index contributed by atoms with van der Waals surface area (Å²) in [6, 6.07) is 0.348. The van der Waals surface area contributed by atoms with E-state index in [1.807, 2.05) is 0 Å². The molecule has 0 unspecified atom stereocenters. The Morgan fingerprint density at radius 1 is 1.06 bits per heavy atom. The van der Waals surface area contributed by atoms with Crippen molar-refractivity contribution in [1.29, 1.82) is 0 Å². The van der Waals surface area contributed by atoms with Gasteiger partial charge in [0.2, 0.25) is 0 Å². The van der Waals surface area contributed by atoms with Crippen LogP contribution in [0.1, 0.15) is 53.4 Å². The van der Waals surface area contributed by atoms with Crippen LogP contribution in [0.4, 0.5) is 0 Å². The fourth-order valence-electron chi connectivity index (χ4n) is 3.46. The SMILES string of the molecule is CC1(C)C(CN[C@@H]2CCCC[C@H]2O)C1(C)C. The topological polar surface area (TPSA) is 32.3 Å². The van der Waals surface area contributed by atoms with Crippen molar-refractivity contribution in [2.45, 2.75) is 65.5 Å². The summed E-state index contributed by atoms with van der Waals surface area (Å²) in [5.41, 5.74) is 0.916. The lowest BCUT2D eigenvalue weighted by Crippen LogP contribution is -2.43. The van der Waals surface area contributed by atoms with E-state index >= 15 is 0 Å². The quantitative estimate of drug-likeness (QED) is 0.773. The molecule has 0 bridgehead atoms. The van der Waals surface area contributed by atoms with Gasteiger partial charge in [-0.3, -0.25) is 0 Å². The van der Waals surface area contributed by atoms with E-state index < -0.39 is 0 Å². The summed E-state index contributed by atoms with van der Waals surface area (Å²) >= 11 is 0. The first-order chi connectivity index (χ1) is 7.37. The van der Waals surface area contributed by atoms with Crippen LogP contribution < -0.4 is 5.32 Å². The molecule has 2 rings (SSSR count). The van der Waals surface area contributed by atoms with E-state index in [0.29, 0.717) is 16.9 Å². The largest absolute Gasteiger partial charge is 0.392 e.